The van der Waals surface area contributed by atoms with Gasteiger partial charge < -0.3 is 10.5 Å². The highest BCUT2D eigenvalue weighted by molar-refractivity contribution is 5.70. The topological polar surface area (TPSA) is 126 Å². The first-order valence-electron chi connectivity index (χ1n) is 6.88. The molecule has 0 fully saturated rings. The maximum Gasteiger partial charge on any atom is 0.405 e. The number of hydrogen-bond donors (Lipinski definition) is 1. The van der Waals surface area contributed by atoms with Crippen LogP contribution in [0, 0.1) is 10.1 Å². The number of carbonyl (C=O) groups excluding carboxylic acids is 1. The number of halogens is 2. The molecule has 11 heteroatoms. The summed E-state index contributed by atoms with van der Waals surface area (Å²) < 4.78 is 31.3. The number of nitrogens with two attached hydrogens (primary N) is 1. The Kier molecular flexibility index (Phi) is 5.37. The van der Waals surface area contributed by atoms with E-state index in [0.29, 0.717) is 0 Å². The van der Waals surface area contributed by atoms with Crippen LogP contribution in [-0.2, 0) is 4.74 Å². The van der Waals surface area contributed by atoms with Crippen molar-refractivity contribution in [3.05, 3.63) is 53.0 Å². The number of nitrogens with zero attached hydrogens (tertiary/aromatic N) is 4. The molecule has 0 radical (unpaired) electrons. The molecule has 0 aliphatic carbocycles. The van der Waals surface area contributed by atoms with E-state index in [1.54, 1.807) is 0 Å². The van der Waals surface area contributed by atoms with Crippen LogP contribution in [0.15, 0.2) is 37.2 Å². The van der Waals surface area contributed by atoms with Crippen molar-refractivity contribution in [1.82, 2.24) is 14.8 Å². The van der Waals surface area contributed by atoms with E-state index in [-0.39, 0.29) is 28.1 Å². The van der Waals surface area contributed by atoms with Gasteiger partial charge in [0.15, 0.2) is 5.69 Å². The Morgan fingerprint density at radius 3 is 2.84 bits per heavy atom. The van der Waals surface area contributed by atoms with E-state index < -0.39 is 29.4 Å². The maximum atomic E-state index is 13.1. The molecule has 0 saturated carbocycles. The van der Waals surface area contributed by atoms with Crippen LogP contribution in [0.4, 0.5) is 19.3 Å². The van der Waals surface area contributed by atoms with Gasteiger partial charge in [-0.05, 0) is 12.1 Å². The van der Waals surface area contributed by atoms with Crippen LogP contribution in [0.1, 0.15) is 24.8 Å². The molecule has 2 aromatic heterocycles. The van der Waals surface area contributed by atoms with Gasteiger partial charge in [-0.15, -0.1) is 6.58 Å². The molecule has 25 heavy (non-hydrogen) atoms. The summed E-state index contributed by atoms with van der Waals surface area (Å²) in [6, 6.07) is 2.60. The van der Waals surface area contributed by atoms with E-state index in [2.05, 4.69) is 16.7 Å². The Morgan fingerprint density at radius 1 is 1.56 bits per heavy atom. The zero-order valence-electron chi connectivity index (χ0n) is 12.7. The van der Waals surface area contributed by atoms with Gasteiger partial charge in [0.2, 0.25) is 0 Å². The number of ether oxygens (including phenoxy) is 1. The third-order valence-electron chi connectivity index (χ3n) is 3.18. The van der Waals surface area contributed by atoms with E-state index in [0.717, 1.165) is 6.20 Å². The van der Waals surface area contributed by atoms with Crippen molar-refractivity contribution < 1.29 is 23.2 Å². The summed E-state index contributed by atoms with van der Waals surface area (Å²) in [5, 5.41) is 14.4. The Bertz CT molecular complexity index is 808. The molecule has 0 bridgehead atoms. The minimum absolute atomic E-state index is 0.0663. The molecule has 0 unspecified atom stereocenters. The minimum atomic E-state index is -3.08. The Balaban J connectivity index is 2.55. The van der Waals surface area contributed by atoms with Crippen molar-refractivity contribution in [2.45, 2.75) is 19.1 Å². The highest BCUT2D eigenvalue weighted by Crippen LogP contribution is 2.34. The average Bonchev–Trinajstić information content (AvgIpc) is 2.99. The van der Waals surface area contributed by atoms with E-state index in [1.165, 1.54) is 24.4 Å². The fourth-order valence-electron chi connectivity index (χ4n) is 2.21. The zero-order valence-corrected chi connectivity index (χ0v) is 12.7. The molecule has 0 aliphatic rings. The second-order valence-corrected chi connectivity index (χ2v) is 4.78. The van der Waals surface area contributed by atoms with Crippen LogP contribution in [0.5, 0.6) is 0 Å². The van der Waals surface area contributed by atoms with Gasteiger partial charge in [-0.2, -0.15) is 18.6 Å². The molecule has 2 heterocycles. The van der Waals surface area contributed by atoms with E-state index >= 15 is 0 Å². The molecule has 9 nitrogen and oxygen atoms in total. The first-order chi connectivity index (χ1) is 11.8. The molecule has 0 aromatic carbocycles. The van der Waals surface area contributed by atoms with Crippen LogP contribution < -0.4 is 5.73 Å². The number of alkyl halides is 2. The fraction of sp³-hybridized carbons (Fsp3) is 0.214. The lowest BCUT2D eigenvalue weighted by Crippen LogP contribution is -2.18. The summed E-state index contributed by atoms with van der Waals surface area (Å²) in [5.74, 6) is 0. The molecule has 2 aromatic rings. The number of nitro groups is 1. The summed E-state index contributed by atoms with van der Waals surface area (Å²) in [6.45, 7) is 0.440. The minimum Gasteiger partial charge on any atom is -0.440 e. The first-order valence-corrected chi connectivity index (χ1v) is 6.88. The van der Waals surface area contributed by atoms with Crippen LogP contribution in [0.25, 0.3) is 11.3 Å². The molecule has 2 N–H and O–H groups in total. The van der Waals surface area contributed by atoms with Crippen LogP contribution in [-0.4, -0.2) is 25.8 Å². The van der Waals surface area contributed by atoms with E-state index in [4.69, 9.17) is 10.5 Å². The number of aromatic nitrogens is 3. The number of amides is 1. The molecule has 2 rings (SSSR count). The molecular formula is C14H13F2N5O4. The number of primary amides is 1. The smallest absolute Gasteiger partial charge is 0.405 e. The Labute approximate surface area is 139 Å². The predicted octanol–water partition coefficient (Wildman–Crippen LogP) is 2.96. The van der Waals surface area contributed by atoms with Gasteiger partial charge in [0.05, 0.1) is 10.6 Å². The van der Waals surface area contributed by atoms with Gasteiger partial charge >= 0.3 is 18.3 Å². The van der Waals surface area contributed by atoms with Crippen molar-refractivity contribution in [2.24, 2.45) is 5.73 Å². The van der Waals surface area contributed by atoms with E-state index in [9.17, 15) is 23.7 Å². The summed E-state index contributed by atoms with van der Waals surface area (Å²) >= 11 is 0. The van der Waals surface area contributed by atoms with E-state index in [1.807, 2.05) is 0 Å². The molecule has 0 saturated heterocycles. The Morgan fingerprint density at radius 2 is 2.28 bits per heavy atom. The van der Waals surface area contributed by atoms with Gasteiger partial charge in [-0.3, -0.25) is 15.1 Å². The third kappa shape index (κ3) is 3.94. The number of rotatable bonds is 7. The van der Waals surface area contributed by atoms with Gasteiger partial charge in [0, 0.05) is 18.2 Å². The largest absolute Gasteiger partial charge is 0.440 e. The lowest BCUT2D eigenvalue weighted by atomic mass is 10.1. The third-order valence-corrected chi connectivity index (χ3v) is 3.18. The number of hydrogen-bond acceptors (Lipinski definition) is 6. The standard InChI is InChI=1S/C14H13F2N5O4/c1-2-3-11(25-14(17)22)9-6-8(4-5-18-9)12-10(21(23)24)7-19-20(12)13(15)16/h2,4-7,11,13H,1,3H2,(H2,17,22)/t11-/m0/s1. The lowest BCUT2D eigenvalue weighted by molar-refractivity contribution is -0.384. The highest BCUT2D eigenvalue weighted by Gasteiger charge is 2.27. The van der Waals surface area contributed by atoms with Gasteiger partial charge in [-0.25, -0.2) is 4.79 Å². The summed E-state index contributed by atoms with van der Waals surface area (Å²) in [6.07, 6.45) is 1.64. The molecule has 1 amide bonds. The Hall–Kier alpha value is -3.37. The SMILES string of the molecule is C=CC[C@H](OC(N)=O)c1cc(-c2c([N+](=O)[O-])cnn2C(F)F)ccn1. The number of carbonyl (C=O) groups is 1. The van der Waals surface area contributed by atoms with Crippen LogP contribution >= 0.6 is 0 Å². The maximum absolute atomic E-state index is 13.1. The van der Waals surface area contributed by atoms with Crippen molar-refractivity contribution in [3.8, 4) is 11.3 Å². The lowest BCUT2D eigenvalue weighted by Gasteiger charge is -2.15. The summed E-state index contributed by atoms with van der Waals surface area (Å²) in [7, 11) is 0. The summed E-state index contributed by atoms with van der Waals surface area (Å²) in [4.78, 5) is 25.3. The molecular weight excluding hydrogens is 340 g/mol. The monoisotopic (exact) mass is 353 g/mol. The highest BCUT2D eigenvalue weighted by atomic mass is 19.3. The molecule has 132 valence electrons. The molecule has 1 atom stereocenters. The fourth-order valence-corrected chi connectivity index (χ4v) is 2.21. The van der Waals surface area contributed by atoms with Gasteiger partial charge in [0.1, 0.15) is 12.3 Å². The second kappa shape index (κ2) is 7.47. The molecule has 0 aliphatic heterocycles. The van der Waals surface area contributed by atoms with Gasteiger partial charge in [-0.1, -0.05) is 6.08 Å². The van der Waals surface area contributed by atoms with Crippen molar-refractivity contribution in [2.75, 3.05) is 0 Å². The predicted molar refractivity (Wildman–Crippen MR) is 81.6 cm³/mol. The van der Waals surface area contributed by atoms with Crippen LogP contribution in [0.3, 0.4) is 0 Å². The first kappa shape index (κ1) is 18.0. The zero-order chi connectivity index (χ0) is 18.6. The summed E-state index contributed by atoms with van der Waals surface area (Å²) in [5.41, 5.74) is 4.26. The normalized spacial score (nSPS) is 12.0. The van der Waals surface area contributed by atoms with Crippen LogP contribution in [0.2, 0.25) is 0 Å². The molecule has 0 spiro atoms. The van der Waals surface area contributed by atoms with Crippen molar-refractivity contribution in [3.63, 3.8) is 0 Å². The van der Waals surface area contributed by atoms with Gasteiger partial charge in [0.25, 0.3) is 0 Å². The quantitative estimate of drug-likeness (QED) is 0.463. The average molecular weight is 353 g/mol. The van der Waals surface area contributed by atoms with Crippen molar-refractivity contribution in [1.29, 1.82) is 0 Å². The van der Waals surface area contributed by atoms with Crippen molar-refractivity contribution >= 4 is 11.8 Å². The second-order valence-electron chi connectivity index (χ2n) is 4.78. The number of pyridine rings is 1.